The quantitative estimate of drug-likeness (QED) is 0.224. The molecular formula is C9H18AuN3. The summed E-state index contributed by atoms with van der Waals surface area (Å²) in [6, 6.07) is 0. The Morgan fingerprint density at radius 3 is 2.23 bits per heavy atom. The van der Waals surface area contributed by atoms with Crippen molar-refractivity contribution in [3.8, 4) is 0 Å². The van der Waals surface area contributed by atoms with E-state index >= 15 is 0 Å². The van der Waals surface area contributed by atoms with Crippen molar-refractivity contribution in [1.82, 2.24) is 5.43 Å². The summed E-state index contributed by atoms with van der Waals surface area (Å²) in [6.07, 6.45) is 7.54. The van der Waals surface area contributed by atoms with Crippen molar-refractivity contribution < 1.29 is 22.4 Å². The molecule has 13 heavy (non-hydrogen) atoms. The second-order valence-electron chi connectivity index (χ2n) is 3.66. The molecule has 0 aliphatic heterocycles. The Bertz CT molecular complexity index is 162. The third-order valence-corrected chi connectivity index (χ3v) is 2.74. The topological polar surface area (TPSA) is 64.1 Å². The SMILES string of the molecule is CC1CCC(C(=[C-]N)NN)CC1.[Au+]. The Balaban J connectivity index is 0.00000144. The minimum Gasteiger partial charge on any atom is -0.578 e. The van der Waals surface area contributed by atoms with Crippen LogP contribution < -0.4 is 17.0 Å². The zero-order valence-electron chi connectivity index (χ0n) is 7.94. The van der Waals surface area contributed by atoms with Gasteiger partial charge in [0.1, 0.15) is 0 Å². The second-order valence-corrected chi connectivity index (χ2v) is 3.66. The summed E-state index contributed by atoms with van der Waals surface area (Å²) in [7, 11) is 0. The van der Waals surface area contributed by atoms with Gasteiger partial charge in [-0.1, -0.05) is 19.8 Å². The first-order valence-corrected chi connectivity index (χ1v) is 4.58. The molecule has 1 rings (SSSR count). The minimum atomic E-state index is 0. The Kier molecular flexibility index (Phi) is 6.51. The van der Waals surface area contributed by atoms with Gasteiger partial charge in [0.25, 0.3) is 0 Å². The average molecular weight is 365 g/mol. The molecule has 0 aromatic rings. The molecule has 0 atom stereocenters. The standard InChI is InChI=1S/C9H18N3.Au/c1-7-2-4-8(5-3-7)9(6-10)12-11;/h7-8,12H,2-5,10-11H2,1H3;/q-1;+1. The molecule has 0 saturated heterocycles. The van der Waals surface area contributed by atoms with Gasteiger partial charge >= 0.3 is 22.4 Å². The van der Waals surface area contributed by atoms with Crippen molar-refractivity contribution in [2.24, 2.45) is 23.4 Å². The third-order valence-electron chi connectivity index (χ3n) is 2.74. The monoisotopic (exact) mass is 365 g/mol. The van der Waals surface area contributed by atoms with Gasteiger partial charge in [0, 0.05) is 0 Å². The Morgan fingerprint density at radius 1 is 1.31 bits per heavy atom. The number of hydrazine groups is 1. The molecule has 5 N–H and O–H groups in total. The number of rotatable bonds is 2. The van der Waals surface area contributed by atoms with E-state index < -0.39 is 0 Å². The Morgan fingerprint density at radius 2 is 1.85 bits per heavy atom. The van der Waals surface area contributed by atoms with Crippen LogP contribution in [0, 0.1) is 18.0 Å². The van der Waals surface area contributed by atoms with Crippen LogP contribution in [0.15, 0.2) is 5.70 Å². The number of hydrogen-bond donors (Lipinski definition) is 3. The Hall–Kier alpha value is 0.0403. The van der Waals surface area contributed by atoms with E-state index in [1.807, 2.05) is 0 Å². The molecule has 0 radical (unpaired) electrons. The van der Waals surface area contributed by atoms with Crippen LogP contribution in [0.25, 0.3) is 0 Å². The summed E-state index contributed by atoms with van der Waals surface area (Å²) in [5.41, 5.74) is 8.81. The zero-order valence-corrected chi connectivity index (χ0v) is 10.1. The Labute approximate surface area is 95.8 Å². The largest absolute Gasteiger partial charge is 1.00 e. The maximum Gasteiger partial charge on any atom is 1.00 e. The first kappa shape index (κ1) is 13.0. The van der Waals surface area contributed by atoms with Gasteiger partial charge in [-0.05, 0) is 24.7 Å². The van der Waals surface area contributed by atoms with Gasteiger partial charge in [-0.25, -0.2) is 0 Å². The van der Waals surface area contributed by atoms with Crippen LogP contribution in [0.5, 0.6) is 0 Å². The number of nitrogens with two attached hydrogens (primary N) is 2. The third kappa shape index (κ3) is 3.73. The molecule has 1 aliphatic rings. The van der Waals surface area contributed by atoms with Crippen LogP contribution >= 0.6 is 0 Å². The van der Waals surface area contributed by atoms with Crippen LogP contribution in [0.1, 0.15) is 32.6 Å². The summed E-state index contributed by atoms with van der Waals surface area (Å²) < 4.78 is 0. The van der Waals surface area contributed by atoms with Crippen LogP contribution in [0.3, 0.4) is 0 Å². The van der Waals surface area contributed by atoms with E-state index in [-0.39, 0.29) is 22.4 Å². The summed E-state index contributed by atoms with van der Waals surface area (Å²) >= 11 is 0. The van der Waals surface area contributed by atoms with Crippen molar-refractivity contribution in [2.45, 2.75) is 32.6 Å². The molecule has 0 spiro atoms. The van der Waals surface area contributed by atoms with Gasteiger partial charge in [-0.2, -0.15) is 0 Å². The van der Waals surface area contributed by atoms with Crippen molar-refractivity contribution in [1.29, 1.82) is 0 Å². The molecule has 1 fully saturated rings. The van der Waals surface area contributed by atoms with Crippen molar-refractivity contribution >= 4 is 0 Å². The summed E-state index contributed by atoms with van der Waals surface area (Å²) in [5.74, 6) is 6.69. The van der Waals surface area contributed by atoms with Crippen LogP contribution in [-0.4, -0.2) is 0 Å². The van der Waals surface area contributed by atoms with Gasteiger partial charge in [0.2, 0.25) is 0 Å². The zero-order chi connectivity index (χ0) is 8.97. The van der Waals surface area contributed by atoms with Gasteiger partial charge < -0.3 is 17.4 Å². The molecule has 0 bridgehead atoms. The number of hydrogen-bond acceptors (Lipinski definition) is 3. The minimum absolute atomic E-state index is 0. The van der Waals surface area contributed by atoms with Crippen LogP contribution in [0.4, 0.5) is 0 Å². The van der Waals surface area contributed by atoms with Crippen molar-refractivity contribution in [3.05, 3.63) is 11.9 Å². The van der Waals surface area contributed by atoms with Crippen molar-refractivity contribution in [2.75, 3.05) is 0 Å². The molecule has 0 aromatic carbocycles. The van der Waals surface area contributed by atoms with E-state index in [0.29, 0.717) is 5.92 Å². The number of nitrogens with one attached hydrogen (secondary N) is 1. The average Bonchev–Trinajstić information content (AvgIpc) is 2.10. The number of allylic oxidation sites excluding steroid dienone is 1. The molecule has 1 saturated carbocycles. The molecule has 0 amide bonds. The maximum absolute atomic E-state index is 5.32. The van der Waals surface area contributed by atoms with E-state index in [1.54, 1.807) is 0 Å². The molecule has 4 heteroatoms. The molecule has 0 heterocycles. The van der Waals surface area contributed by atoms with Gasteiger partial charge in [-0.15, -0.1) is 5.70 Å². The smallest absolute Gasteiger partial charge is 0.578 e. The first-order chi connectivity index (χ1) is 5.77. The molecule has 1 aliphatic carbocycles. The van der Waals surface area contributed by atoms with E-state index in [0.717, 1.165) is 11.6 Å². The van der Waals surface area contributed by atoms with E-state index in [4.69, 9.17) is 11.6 Å². The second kappa shape index (κ2) is 6.49. The summed E-state index contributed by atoms with van der Waals surface area (Å²) in [5, 5.41) is 0. The molecular weight excluding hydrogens is 347 g/mol. The van der Waals surface area contributed by atoms with Gasteiger partial charge in [0.15, 0.2) is 0 Å². The van der Waals surface area contributed by atoms with Crippen molar-refractivity contribution in [3.63, 3.8) is 0 Å². The predicted octanol–water partition coefficient (Wildman–Crippen LogP) is 0.877. The first-order valence-electron chi connectivity index (χ1n) is 4.58. The molecule has 0 unspecified atom stereocenters. The fourth-order valence-electron chi connectivity index (χ4n) is 1.83. The van der Waals surface area contributed by atoms with Gasteiger partial charge in [0.05, 0.1) is 0 Å². The van der Waals surface area contributed by atoms with Crippen LogP contribution in [0.2, 0.25) is 0 Å². The normalized spacial score (nSPS) is 29.2. The van der Waals surface area contributed by atoms with Gasteiger partial charge in [-0.3, -0.25) is 5.84 Å². The molecule has 0 aromatic heterocycles. The van der Waals surface area contributed by atoms with E-state index in [1.165, 1.54) is 25.7 Å². The van der Waals surface area contributed by atoms with E-state index in [9.17, 15) is 0 Å². The maximum atomic E-state index is 5.32. The summed E-state index contributed by atoms with van der Waals surface area (Å²) in [6.45, 7) is 2.29. The predicted molar refractivity (Wildman–Crippen MR) is 49.4 cm³/mol. The molecule has 80 valence electrons. The fourth-order valence-corrected chi connectivity index (χ4v) is 1.83. The summed E-state index contributed by atoms with van der Waals surface area (Å²) in [4.78, 5) is 0. The van der Waals surface area contributed by atoms with Crippen LogP contribution in [-0.2, 0) is 22.4 Å². The fraction of sp³-hybridized carbons (Fsp3) is 0.778. The van der Waals surface area contributed by atoms with E-state index in [2.05, 4.69) is 18.5 Å². The molecule has 3 nitrogen and oxygen atoms in total.